The van der Waals surface area contributed by atoms with Crippen LogP contribution in [0.25, 0.3) is 0 Å². The lowest BCUT2D eigenvalue weighted by Crippen LogP contribution is -2.15. The Morgan fingerprint density at radius 1 is 0.862 bits per heavy atom. The molecular formula is C23H29N3O3. The van der Waals surface area contributed by atoms with Crippen LogP contribution in [0.5, 0.6) is 17.2 Å². The minimum absolute atomic E-state index is 0.645. The van der Waals surface area contributed by atoms with Crippen LogP contribution in [0.15, 0.2) is 42.5 Å². The third kappa shape index (κ3) is 4.71. The largest absolute Gasteiger partial charge is 0.496 e. The highest BCUT2D eigenvalue weighted by Gasteiger charge is 2.14. The average molecular weight is 396 g/mol. The molecule has 0 fully saturated rings. The Bertz CT molecular complexity index is 952. The van der Waals surface area contributed by atoms with E-state index in [9.17, 15) is 0 Å². The Labute approximate surface area is 172 Å². The van der Waals surface area contributed by atoms with Gasteiger partial charge in [-0.15, -0.1) is 0 Å². The summed E-state index contributed by atoms with van der Waals surface area (Å²) in [6.45, 7) is 6.33. The van der Waals surface area contributed by atoms with Crippen LogP contribution in [0, 0.1) is 13.8 Å². The van der Waals surface area contributed by atoms with Crippen LogP contribution in [0.1, 0.15) is 28.1 Å². The summed E-state index contributed by atoms with van der Waals surface area (Å²) in [6.07, 6.45) is 0. The van der Waals surface area contributed by atoms with Crippen molar-refractivity contribution in [2.75, 3.05) is 21.3 Å². The summed E-state index contributed by atoms with van der Waals surface area (Å²) < 4.78 is 18.4. The van der Waals surface area contributed by atoms with Gasteiger partial charge in [0.1, 0.15) is 5.75 Å². The van der Waals surface area contributed by atoms with E-state index in [-0.39, 0.29) is 0 Å². The molecule has 0 spiro atoms. The maximum absolute atomic E-state index is 5.52. The van der Waals surface area contributed by atoms with Gasteiger partial charge >= 0.3 is 0 Å². The quantitative estimate of drug-likeness (QED) is 0.596. The van der Waals surface area contributed by atoms with Crippen molar-refractivity contribution in [1.29, 1.82) is 0 Å². The fourth-order valence-electron chi connectivity index (χ4n) is 3.45. The molecule has 0 saturated carbocycles. The standard InChI is InChI=1S/C23H29N3O3/c1-16-20(17(2)26(25-16)15-18-9-7-6-8-10-18)14-24-13-19-11-22(28-4)23(29-5)12-21(19)27-3/h6-12,24H,13-15H2,1-5H3. The molecule has 1 heterocycles. The van der Waals surface area contributed by atoms with E-state index in [0.29, 0.717) is 18.0 Å². The van der Waals surface area contributed by atoms with E-state index in [1.54, 1.807) is 21.3 Å². The van der Waals surface area contributed by atoms with Crippen LogP contribution in [0.2, 0.25) is 0 Å². The highest BCUT2D eigenvalue weighted by molar-refractivity contribution is 5.50. The van der Waals surface area contributed by atoms with Gasteiger partial charge in [-0.25, -0.2) is 0 Å². The molecule has 0 unspecified atom stereocenters. The highest BCUT2D eigenvalue weighted by Crippen LogP contribution is 2.34. The predicted molar refractivity (Wildman–Crippen MR) is 114 cm³/mol. The topological polar surface area (TPSA) is 57.5 Å². The van der Waals surface area contributed by atoms with Gasteiger partial charge in [0.2, 0.25) is 0 Å². The molecule has 0 saturated heterocycles. The van der Waals surface area contributed by atoms with Gasteiger partial charge in [-0.2, -0.15) is 5.10 Å². The lowest BCUT2D eigenvalue weighted by atomic mass is 10.1. The van der Waals surface area contributed by atoms with Crippen molar-refractivity contribution in [3.05, 3.63) is 70.5 Å². The van der Waals surface area contributed by atoms with Crippen molar-refractivity contribution in [3.8, 4) is 17.2 Å². The second kappa shape index (κ2) is 9.47. The zero-order chi connectivity index (χ0) is 20.8. The molecule has 154 valence electrons. The number of nitrogens with zero attached hydrogens (tertiary/aromatic N) is 2. The number of hydrogen-bond donors (Lipinski definition) is 1. The van der Waals surface area contributed by atoms with Crippen molar-refractivity contribution in [2.24, 2.45) is 0 Å². The first-order chi connectivity index (χ1) is 14.1. The smallest absolute Gasteiger partial charge is 0.164 e. The first-order valence-corrected chi connectivity index (χ1v) is 9.63. The van der Waals surface area contributed by atoms with Gasteiger partial charge in [-0.3, -0.25) is 4.68 Å². The van der Waals surface area contributed by atoms with E-state index in [2.05, 4.69) is 48.1 Å². The Morgan fingerprint density at radius 3 is 2.17 bits per heavy atom. The van der Waals surface area contributed by atoms with Gasteiger partial charge in [-0.1, -0.05) is 30.3 Å². The maximum atomic E-state index is 5.52. The minimum atomic E-state index is 0.645. The average Bonchev–Trinajstić information content (AvgIpc) is 3.01. The molecule has 1 aromatic heterocycles. The molecule has 29 heavy (non-hydrogen) atoms. The Balaban J connectivity index is 1.71. The highest BCUT2D eigenvalue weighted by atomic mass is 16.5. The number of hydrogen-bond acceptors (Lipinski definition) is 5. The number of ether oxygens (including phenoxy) is 3. The summed E-state index contributed by atoms with van der Waals surface area (Å²) in [4.78, 5) is 0. The van der Waals surface area contributed by atoms with Gasteiger partial charge in [0.15, 0.2) is 11.5 Å². The molecule has 3 rings (SSSR count). The van der Waals surface area contributed by atoms with Gasteiger partial charge < -0.3 is 19.5 Å². The fourth-order valence-corrected chi connectivity index (χ4v) is 3.45. The molecule has 0 aliphatic carbocycles. The van der Waals surface area contributed by atoms with Crippen molar-refractivity contribution in [3.63, 3.8) is 0 Å². The first kappa shape index (κ1) is 20.7. The maximum Gasteiger partial charge on any atom is 0.164 e. The SMILES string of the molecule is COc1cc(OC)c(OC)cc1CNCc1c(C)nn(Cc2ccccc2)c1C. The van der Waals surface area contributed by atoms with Crippen LogP contribution in [-0.4, -0.2) is 31.1 Å². The molecule has 2 aromatic carbocycles. The number of aryl methyl sites for hydroxylation is 1. The molecule has 0 radical (unpaired) electrons. The van der Waals surface area contributed by atoms with Crippen LogP contribution < -0.4 is 19.5 Å². The molecule has 0 aliphatic heterocycles. The number of benzene rings is 2. The van der Waals surface area contributed by atoms with Gasteiger partial charge in [0.05, 0.1) is 33.6 Å². The molecule has 0 aliphatic rings. The number of rotatable bonds is 9. The van der Waals surface area contributed by atoms with E-state index in [4.69, 9.17) is 19.3 Å². The molecule has 0 amide bonds. The van der Waals surface area contributed by atoms with Gasteiger partial charge in [-0.05, 0) is 25.5 Å². The Hall–Kier alpha value is -2.99. The Morgan fingerprint density at radius 2 is 1.52 bits per heavy atom. The second-order valence-electron chi connectivity index (χ2n) is 6.92. The van der Waals surface area contributed by atoms with Crippen LogP contribution in [0.3, 0.4) is 0 Å². The summed E-state index contributed by atoms with van der Waals surface area (Å²) >= 11 is 0. The van der Waals surface area contributed by atoms with E-state index in [0.717, 1.165) is 30.1 Å². The monoisotopic (exact) mass is 395 g/mol. The normalized spacial score (nSPS) is 10.8. The van der Waals surface area contributed by atoms with Crippen molar-refractivity contribution in [1.82, 2.24) is 15.1 Å². The van der Waals surface area contributed by atoms with E-state index in [1.807, 2.05) is 18.2 Å². The summed E-state index contributed by atoms with van der Waals surface area (Å²) in [5.74, 6) is 2.11. The Kier molecular flexibility index (Phi) is 6.77. The predicted octanol–water partition coefficient (Wildman–Crippen LogP) is 3.86. The van der Waals surface area contributed by atoms with Crippen molar-refractivity contribution >= 4 is 0 Å². The number of methoxy groups -OCH3 is 3. The summed E-state index contributed by atoms with van der Waals surface area (Å²) in [6, 6.07) is 14.2. The number of aromatic nitrogens is 2. The number of nitrogens with one attached hydrogen (secondary N) is 1. The second-order valence-corrected chi connectivity index (χ2v) is 6.92. The van der Waals surface area contributed by atoms with E-state index < -0.39 is 0 Å². The zero-order valence-electron chi connectivity index (χ0n) is 17.8. The molecule has 0 atom stereocenters. The third-order valence-corrected chi connectivity index (χ3v) is 5.11. The molecule has 1 N–H and O–H groups in total. The fraction of sp³-hybridized carbons (Fsp3) is 0.348. The van der Waals surface area contributed by atoms with Crippen LogP contribution >= 0.6 is 0 Å². The van der Waals surface area contributed by atoms with Crippen LogP contribution in [-0.2, 0) is 19.6 Å². The molecule has 6 nitrogen and oxygen atoms in total. The van der Waals surface area contributed by atoms with E-state index >= 15 is 0 Å². The van der Waals surface area contributed by atoms with Gasteiger partial charge in [0, 0.05) is 36.0 Å². The molecule has 0 bridgehead atoms. The van der Waals surface area contributed by atoms with Crippen molar-refractivity contribution < 1.29 is 14.2 Å². The van der Waals surface area contributed by atoms with Crippen molar-refractivity contribution in [2.45, 2.75) is 33.5 Å². The minimum Gasteiger partial charge on any atom is -0.496 e. The van der Waals surface area contributed by atoms with E-state index in [1.165, 1.54) is 16.8 Å². The van der Waals surface area contributed by atoms with Gasteiger partial charge in [0.25, 0.3) is 0 Å². The summed E-state index contributed by atoms with van der Waals surface area (Å²) in [5, 5.41) is 8.24. The molecule has 3 aromatic rings. The lowest BCUT2D eigenvalue weighted by Gasteiger charge is -2.14. The molecule has 6 heteroatoms. The van der Waals surface area contributed by atoms with Crippen LogP contribution in [0.4, 0.5) is 0 Å². The summed E-state index contributed by atoms with van der Waals surface area (Å²) in [7, 11) is 4.91. The summed E-state index contributed by atoms with van der Waals surface area (Å²) in [5.41, 5.74) is 5.70. The zero-order valence-corrected chi connectivity index (χ0v) is 17.8. The third-order valence-electron chi connectivity index (χ3n) is 5.11. The molecular weight excluding hydrogens is 366 g/mol. The lowest BCUT2D eigenvalue weighted by molar-refractivity contribution is 0.347. The first-order valence-electron chi connectivity index (χ1n) is 9.63.